The minimum absolute atomic E-state index is 0.121. The number of ether oxygens (including phenoxy) is 1. The van der Waals surface area contributed by atoms with Gasteiger partial charge in [0.25, 0.3) is 0 Å². The molecule has 25 heavy (non-hydrogen) atoms. The first kappa shape index (κ1) is 18.3. The average Bonchev–Trinajstić information content (AvgIpc) is 2.58. The number of hydrazone groups is 1. The molecule has 1 aromatic rings. The summed E-state index contributed by atoms with van der Waals surface area (Å²) in [4.78, 5) is 11.4. The lowest BCUT2D eigenvalue weighted by atomic mass is 10.1. The molecular formula is C20H22N2O3. The van der Waals surface area contributed by atoms with Gasteiger partial charge in [0.15, 0.2) is 0 Å². The molecule has 0 fully saturated rings. The van der Waals surface area contributed by atoms with Gasteiger partial charge in [-0.25, -0.2) is 4.79 Å². The molecule has 2 rings (SSSR count). The first-order valence-electron chi connectivity index (χ1n) is 7.89. The molecule has 1 N–H and O–H groups in total. The molecule has 1 aliphatic carbocycles. The van der Waals surface area contributed by atoms with Crippen molar-refractivity contribution in [2.75, 3.05) is 18.7 Å². The minimum Gasteiger partial charge on any atom is -0.506 e. The fourth-order valence-corrected chi connectivity index (χ4v) is 2.19. The van der Waals surface area contributed by atoms with Crippen LogP contribution in [0.1, 0.15) is 12.5 Å². The molecule has 0 saturated heterocycles. The number of carbonyl (C=O) groups excluding carboxylic acids is 1. The third kappa shape index (κ3) is 4.94. The van der Waals surface area contributed by atoms with Crippen molar-refractivity contribution >= 4 is 17.4 Å². The number of allylic oxidation sites excluding steroid dienone is 5. The van der Waals surface area contributed by atoms with Crippen molar-refractivity contribution in [3.8, 4) is 5.75 Å². The number of anilines is 1. The molecule has 0 spiro atoms. The zero-order valence-corrected chi connectivity index (χ0v) is 14.5. The molecule has 0 aromatic heterocycles. The Kier molecular flexibility index (Phi) is 5.95. The van der Waals surface area contributed by atoms with Crippen LogP contribution in [0.5, 0.6) is 5.75 Å². The Hall–Kier alpha value is -3.08. The van der Waals surface area contributed by atoms with Gasteiger partial charge in [0.1, 0.15) is 11.4 Å². The number of esters is 1. The van der Waals surface area contributed by atoms with Gasteiger partial charge in [0.05, 0.1) is 12.3 Å². The van der Waals surface area contributed by atoms with Crippen LogP contribution in [-0.4, -0.2) is 30.4 Å². The van der Waals surface area contributed by atoms with Crippen LogP contribution in [0, 0.1) is 0 Å². The number of benzene rings is 1. The molecule has 0 bridgehead atoms. The number of aromatic hydroxyl groups is 1. The molecular weight excluding hydrogens is 316 g/mol. The Morgan fingerprint density at radius 2 is 2.04 bits per heavy atom. The van der Waals surface area contributed by atoms with E-state index >= 15 is 0 Å². The van der Waals surface area contributed by atoms with E-state index in [0.717, 1.165) is 16.8 Å². The Bertz CT molecular complexity index is 788. The number of phenols is 1. The summed E-state index contributed by atoms with van der Waals surface area (Å²) in [5, 5.41) is 16.2. The highest BCUT2D eigenvalue weighted by atomic mass is 16.5. The van der Waals surface area contributed by atoms with Crippen molar-refractivity contribution in [3.63, 3.8) is 0 Å². The van der Waals surface area contributed by atoms with Crippen molar-refractivity contribution in [1.29, 1.82) is 0 Å². The standard InChI is InChI=1S/C20H22N2O3/c1-14(2)20(24)25-12-11-16-9-10-19(23)18(13-16)22(4)21-17-8-6-5-7-15(17)3/h5-10,13,23H,1,3,11-12H2,2,4H3/b21-17-. The van der Waals surface area contributed by atoms with Crippen molar-refractivity contribution in [2.24, 2.45) is 5.10 Å². The van der Waals surface area contributed by atoms with E-state index < -0.39 is 5.97 Å². The summed E-state index contributed by atoms with van der Waals surface area (Å²) in [6, 6.07) is 5.21. The highest BCUT2D eigenvalue weighted by Crippen LogP contribution is 2.28. The number of hydrogen-bond acceptors (Lipinski definition) is 5. The summed E-state index contributed by atoms with van der Waals surface area (Å²) in [5.41, 5.74) is 3.39. The number of carbonyl (C=O) groups is 1. The lowest BCUT2D eigenvalue weighted by Gasteiger charge is -2.18. The second-order valence-corrected chi connectivity index (χ2v) is 5.74. The molecule has 0 unspecified atom stereocenters. The Balaban J connectivity index is 2.10. The Morgan fingerprint density at radius 1 is 1.32 bits per heavy atom. The van der Waals surface area contributed by atoms with Crippen LogP contribution in [0.15, 0.2) is 71.9 Å². The monoisotopic (exact) mass is 338 g/mol. The highest BCUT2D eigenvalue weighted by Gasteiger charge is 2.10. The molecule has 0 amide bonds. The molecule has 5 heteroatoms. The lowest BCUT2D eigenvalue weighted by Crippen LogP contribution is -2.14. The maximum absolute atomic E-state index is 11.4. The summed E-state index contributed by atoms with van der Waals surface area (Å²) in [5.74, 6) is -0.284. The molecule has 0 atom stereocenters. The third-order valence-corrected chi connectivity index (χ3v) is 3.61. The van der Waals surface area contributed by atoms with Gasteiger partial charge < -0.3 is 9.84 Å². The molecule has 0 heterocycles. The molecule has 1 aliphatic rings. The van der Waals surface area contributed by atoms with E-state index in [1.807, 2.05) is 30.4 Å². The molecule has 0 saturated carbocycles. The van der Waals surface area contributed by atoms with E-state index in [4.69, 9.17) is 4.74 Å². The first-order chi connectivity index (χ1) is 11.9. The summed E-state index contributed by atoms with van der Waals surface area (Å²) >= 11 is 0. The number of nitrogens with zero attached hydrogens (tertiary/aromatic N) is 2. The van der Waals surface area contributed by atoms with E-state index in [-0.39, 0.29) is 12.4 Å². The Morgan fingerprint density at radius 3 is 2.72 bits per heavy atom. The van der Waals surface area contributed by atoms with E-state index in [0.29, 0.717) is 17.7 Å². The van der Waals surface area contributed by atoms with E-state index in [1.54, 1.807) is 31.1 Å². The maximum atomic E-state index is 11.4. The predicted octanol–water partition coefficient (Wildman–Crippen LogP) is 3.53. The number of rotatable bonds is 6. The molecule has 5 nitrogen and oxygen atoms in total. The van der Waals surface area contributed by atoms with Crippen molar-refractivity contribution in [3.05, 3.63) is 72.4 Å². The van der Waals surface area contributed by atoms with E-state index in [1.165, 1.54) is 0 Å². The quantitative estimate of drug-likeness (QED) is 0.490. The number of hydrogen-bond donors (Lipinski definition) is 1. The summed E-state index contributed by atoms with van der Waals surface area (Å²) in [7, 11) is 1.76. The fourth-order valence-electron chi connectivity index (χ4n) is 2.19. The highest BCUT2D eigenvalue weighted by molar-refractivity contribution is 6.11. The van der Waals surface area contributed by atoms with Gasteiger partial charge in [0.2, 0.25) is 0 Å². The summed E-state index contributed by atoms with van der Waals surface area (Å²) in [6.07, 6.45) is 8.04. The third-order valence-electron chi connectivity index (χ3n) is 3.61. The molecule has 1 aromatic carbocycles. The molecule has 0 aliphatic heterocycles. The predicted molar refractivity (Wildman–Crippen MR) is 101 cm³/mol. The van der Waals surface area contributed by atoms with Crippen LogP contribution in [-0.2, 0) is 16.0 Å². The zero-order valence-electron chi connectivity index (χ0n) is 14.5. The second kappa shape index (κ2) is 8.15. The van der Waals surface area contributed by atoms with Crippen LogP contribution in [0.2, 0.25) is 0 Å². The van der Waals surface area contributed by atoms with Gasteiger partial charge in [0, 0.05) is 19.0 Å². The van der Waals surface area contributed by atoms with Crippen molar-refractivity contribution in [1.82, 2.24) is 0 Å². The van der Waals surface area contributed by atoms with Gasteiger partial charge in [-0.1, -0.05) is 37.5 Å². The first-order valence-corrected chi connectivity index (χ1v) is 7.89. The van der Waals surface area contributed by atoms with Crippen LogP contribution >= 0.6 is 0 Å². The topological polar surface area (TPSA) is 62.1 Å². The minimum atomic E-state index is -0.404. The zero-order chi connectivity index (χ0) is 18.4. The van der Waals surface area contributed by atoms with Gasteiger partial charge in [-0.2, -0.15) is 5.10 Å². The average molecular weight is 338 g/mol. The van der Waals surface area contributed by atoms with Crippen LogP contribution in [0.4, 0.5) is 5.69 Å². The largest absolute Gasteiger partial charge is 0.506 e. The smallest absolute Gasteiger partial charge is 0.333 e. The van der Waals surface area contributed by atoms with Crippen molar-refractivity contribution in [2.45, 2.75) is 13.3 Å². The number of phenolic OH excluding ortho intramolecular Hbond substituents is 1. The fraction of sp³-hybridized carbons (Fsp3) is 0.200. The lowest BCUT2D eigenvalue weighted by molar-refractivity contribution is -0.138. The van der Waals surface area contributed by atoms with Gasteiger partial charge in [-0.15, -0.1) is 0 Å². The molecule has 130 valence electrons. The summed E-state index contributed by atoms with van der Waals surface area (Å²) in [6.45, 7) is 9.34. The van der Waals surface area contributed by atoms with Crippen molar-refractivity contribution < 1.29 is 14.6 Å². The van der Waals surface area contributed by atoms with Gasteiger partial charge in [-0.05, 0) is 36.3 Å². The maximum Gasteiger partial charge on any atom is 0.333 e. The van der Waals surface area contributed by atoms with Crippen LogP contribution in [0.25, 0.3) is 0 Å². The normalized spacial score (nSPS) is 14.6. The molecule has 0 radical (unpaired) electrons. The van der Waals surface area contributed by atoms with Crippen LogP contribution < -0.4 is 5.01 Å². The van der Waals surface area contributed by atoms with Crippen LogP contribution in [0.3, 0.4) is 0 Å². The SMILES string of the molecule is C=C(C)C(=O)OCCc1ccc(O)c(N(C)/N=C2/C=CC=CC2=C)c1. The second-order valence-electron chi connectivity index (χ2n) is 5.74. The Labute approximate surface area is 147 Å². The van der Waals surface area contributed by atoms with E-state index in [9.17, 15) is 9.90 Å². The van der Waals surface area contributed by atoms with Gasteiger partial charge >= 0.3 is 5.97 Å². The van der Waals surface area contributed by atoms with Gasteiger partial charge in [-0.3, -0.25) is 5.01 Å². The summed E-state index contributed by atoms with van der Waals surface area (Å²) < 4.78 is 5.10. The van der Waals surface area contributed by atoms with E-state index in [2.05, 4.69) is 18.3 Å².